The third-order valence-corrected chi connectivity index (χ3v) is 2.29. The van der Waals surface area contributed by atoms with E-state index >= 15 is 0 Å². The maximum atomic E-state index is 8.64. The van der Waals surface area contributed by atoms with Crippen LogP contribution in [-0.2, 0) is 6.42 Å². The van der Waals surface area contributed by atoms with Gasteiger partial charge in [-0.25, -0.2) is 4.98 Å². The van der Waals surface area contributed by atoms with Crippen LogP contribution in [-0.4, -0.2) is 4.98 Å². The third kappa shape index (κ3) is 2.84. The van der Waals surface area contributed by atoms with Crippen molar-refractivity contribution < 1.29 is 4.74 Å². The number of nitriles is 2. The Morgan fingerprint density at radius 2 is 1.83 bits per heavy atom. The number of nitrogens with zero attached hydrogens (tertiary/aromatic N) is 3. The number of rotatable bonds is 3. The van der Waals surface area contributed by atoms with Gasteiger partial charge >= 0.3 is 0 Å². The van der Waals surface area contributed by atoms with Gasteiger partial charge in [0.15, 0.2) is 0 Å². The summed E-state index contributed by atoms with van der Waals surface area (Å²) in [5.74, 6) is 1.08. The van der Waals surface area contributed by atoms with E-state index in [1.807, 2.05) is 18.2 Å². The van der Waals surface area contributed by atoms with E-state index < -0.39 is 0 Å². The molecule has 0 aliphatic rings. The van der Waals surface area contributed by atoms with Crippen LogP contribution < -0.4 is 4.74 Å². The van der Waals surface area contributed by atoms with Crippen molar-refractivity contribution in [1.29, 1.82) is 10.5 Å². The molecule has 0 unspecified atom stereocenters. The van der Waals surface area contributed by atoms with Gasteiger partial charge in [-0.15, -0.1) is 0 Å². The summed E-state index contributed by atoms with van der Waals surface area (Å²) in [6, 6.07) is 14.6. The van der Waals surface area contributed by atoms with Crippen LogP contribution in [0.3, 0.4) is 0 Å². The number of hydrogen-bond donors (Lipinski definition) is 0. The van der Waals surface area contributed by atoms with E-state index in [1.54, 1.807) is 24.3 Å². The lowest BCUT2D eigenvalue weighted by Gasteiger charge is -2.04. The Labute approximate surface area is 105 Å². The number of pyridine rings is 1. The van der Waals surface area contributed by atoms with Crippen molar-refractivity contribution >= 4 is 0 Å². The van der Waals surface area contributed by atoms with Crippen LogP contribution in [0, 0.1) is 22.7 Å². The molecule has 0 aliphatic heterocycles. The normalized spacial score (nSPS) is 9.22. The molecule has 1 aromatic carbocycles. The fourth-order valence-corrected chi connectivity index (χ4v) is 1.39. The molecule has 0 amide bonds. The molecule has 0 bridgehead atoms. The number of ether oxygens (including phenoxy) is 1. The lowest BCUT2D eigenvalue weighted by atomic mass is 10.2. The van der Waals surface area contributed by atoms with E-state index in [-0.39, 0.29) is 0 Å². The van der Waals surface area contributed by atoms with Crippen LogP contribution in [0.15, 0.2) is 42.6 Å². The fourth-order valence-electron chi connectivity index (χ4n) is 1.39. The summed E-state index contributed by atoms with van der Waals surface area (Å²) in [6.45, 7) is 0. The van der Waals surface area contributed by atoms with Crippen LogP contribution in [0.1, 0.15) is 11.1 Å². The van der Waals surface area contributed by atoms with Crippen LogP contribution in [0.25, 0.3) is 0 Å². The quantitative estimate of drug-likeness (QED) is 0.820. The zero-order valence-corrected chi connectivity index (χ0v) is 9.50. The maximum Gasteiger partial charge on any atom is 0.219 e. The van der Waals surface area contributed by atoms with Crippen molar-refractivity contribution in [3.8, 4) is 23.8 Å². The second-order valence-electron chi connectivity index (χ2n) is 3.58. The van der Waals surface area contributed by atoms with Gasteiger partial charge in [0, 0.05) is 12.3 Å². The summed E-state index contributed by atoms with van der Waals surface area (Å²) in [5, 5.41) is 17.2. The Bertz CT molecular complexity index is 603. The molecule has 18 heavy (non-hydrogen) atoms. The lowest BCUT2D eigenvalue weighted by Crippen LogP contribution is -1.89. The Balaban J connectivity index is 2.09. The molecule has 2 rings (SSSR count). The molecule has 86 valence electrons. The second-order valence-corrected chi connectivity index (χ2v) is 3.58. The van der Waals surface area contributed by atoms with Gasteiger partial charge in [0.1, 0.15) is 11.8 Å². The largest absolute Gasteiger partial charge is 0.439 e. The van der Waals surface area contributed by atoms with E-state index in [0.717, 1.165) is 5.56 Å². The molecular formula is C14H9N3O. The van der Waals surface area contributed by atoms with Crippen LogP contribution in [0.4, 0.5) is 0 Å². The average Bonchev–Trinajstić information content (AvgIpc) is 2.42. The summed E-state index contributed by atoms with van der Waals surface area (Å²) in [6.07, 6.45) is 1.84. The van der Waals surface area contributed by atoms with Crippen LogP contribution >= 0.6 is 0 Å². The average molecular weight is 235 g/mol. The van der Waals surface area contributed by atoms with Crippen molar-refractivity contribution in [2.45, 2.75) is 6.42 Å². The molecule has 4 nitrogen and oxygen atoms in total. The van der Waals surface area contributed by atoms with Gasteiger partial charge in [0.2, 0.25) is 5.88 Å². The minimum atomic E-state index is 0.384. The first-order valence-electron chi connectivity index (χ1n) is 5.32. The number of benzene rings is 1. The van der Waals surface area contributed by atoms with Crippen molar-refractivity contribution in [1.82, 2.24) is 4.98 Å². The van der Waals surface area contributed by atoms with Gasteiger partial charge in [-0.05, 0) is 23.8 Å². The summed E-state index contributed by atoms with van der Waals surface area (Å²) in [5.41, 5.74) is 1.43. The summed E-state index contributed by atoms with van der Waals surface area (Å²) >= 11 is 0. The standard InChI is InChI=1S/C14H9N3O/c15-8-7-11-1-4-13(5-2-11)18-14-6-3-12(9-16)10-17-14/h1-6,10H,7H2. The highest BCUT2D eigenvalue weighted by Gasteiger charge is 1.99. The van der Waals surface area contributed by atoms with E-state index in [1.165, 1.54) is 6.20 Å². The first-order valence-corrected chi connectivity index (χ1v) is 5.32. The third-order valence-electron chi connectivity index (χ3n) is 2.29. The lowest BCUT2D eigenvalue weighted by molar-refractivity contribution is 0.462. The predicted octanol–water partition coefficient (Wildman–Crippen LogP) is 2.81. The topological polar surface area (TPSA) is 69.7 Å². The monoisotopic (exact) mass is 235 g/mol. The Kier molecular flexibility index (Phi) is 3.53. The molecule has 0 saturated carbocycles. The van der Waals surface area contributed by atoms with E-state index in [2.05, 4.69) is 11.1 Å². The Morgan fingerprint density at radius 1 is 1.06 bits per heavy atom. The number of hydrogen-bond acceptors (Lipinski definition) is 4. The van der Waals surface area contributed by atoms with Crippen molar-refractivity contribution in [3.63, 3.8) is 0 Å². The van der Waals surface area contributed by atoms with Gasteiger partial charge in [-0.2, -0.15) is 10.5 Å². The minimum absolute atomic E-state index is 0.384. The Hall–Kier alpha value is -2.85. The number of aromatic nitrogens is 1. The molecule has 0 aliphatic carbocycles. The molecule has 0 fully saturated rings. The van der Waals surface area contributed by atoms with Crippen LogP contribution in [0.2, 0.25) is 0 Å². The molecule has 0 radical (unpaired) electrons. The second kappa shape index (κ2) is 5.47. The van der Waals surface area contributed by atoms with Crippen LogP contribution in [0.5, 0.6) is 11.6 Å². The summed E-state index contributed by atoms with van der Waals surface area (Å²) in [4.78, 5) is 4.01. The van der Waals surface area contributed by atoms with Gasteiger partial charge in [-0.1, -0.05) is 12.1 Å². The zero-order chi connectivity index (χ0) is 12.8. The fraction of sp³-hybridized carbons (Fsp3) is 0.0714. The summed E-state index contributed by atoms with van der Waals surface area (Å²) < 4.78 is 5.51. The molecule has 1 aromatic heterocycles. The van der Waals surface area contributed by atoms with Crippen molar-refractivity contribution in [2.75, 3.05) is 0 Å². The molecule has 0 spiro atoms. The maximum absolute atomic E-state index is 8.64. The highest BCUT2D eigenvalue weighted by Crippen LogP contribution is 2.19. The molecule has 2 aromatic rings. The molecule has 0 atom stereocenters. The SMILES string of the molecule is N#CCc1ccc(Oc2ccc(C#N)cn2)cc1. The molecule has 1 heterocycles. The molecule has 0 saturated heterocycles. The molecule has 0 N–H and O–H groups in total. The van der Waals surface area contributed by atoms with E-state index in [9.17, 15) is 0 Å². The van der Waals surface area contributed by atoms with E-state index in [0.29, 0.717) is 23.6 Å². The highest BCUT2D eigenvalue weighted by atomic mass is 16.5. The molecule has 4 heteroatoms. The van der Waals surface area contributed by atoms with Crippen molar-refractivity contribution in [2.24, 2.45) is 0 Å². The van der Waals surface area contributed by atoms with Gasteiger partial charge in [-0.3, -0.25) is 0 Å². The van der Waals surface area contributed by atoms with E-state index in [4.69, 9.17) is 15.3 Å². The minimum Gasteiger partial charge on any atom is -0.439 e. The Morgan fingerprint density at radius 3 is 2.39 bits per heavy atom. The first kappa shape index (κ1) is 11.6. The molecular weight excluding hydrogens is 226 g/mol. The first-order chi connectivity index (χ1) is 8.81. The van der Waals surface area contributed by atoms with Gasteiger partial charge in [0.05, 0.1) is 18.1 Å². The zero-order valence-electron chi connectivity index (χ0n) is 9.50. The van der Waals surface area contributed by atoms with Crippen molar-refractivity contribution in [3.05, 3.63) is 53.7 Å². The highest BCUT2D eigenvalue weighted by molar-refractivity contribution is 5.33. The van der Waals surface area contributed by atoms with Gasteiger partial charge < -0.3 is 4.74 Å². The van der Waals surface area contributed by atoms with Gasteiger partial charge in [0.25, 0.3) is 0 Å². The summed E-state index contributed by atoms with van der Waals surface area (Å²) in [7, 11) is 0. The predicted molar refractivity (Wildman–Crippen MR) is 64.8 cm³/mol. The smallest absolute Gasteiger partial charge is 0.219 e.